The molecule has 1 aliphatic rings. The average Bonchev–Trinajstić information content (AvgIpc) is 3.16. The van der Waals surface area contributed by atoms with E-state index in [1.165, 1.54) is 5.56 Å². The first kappa shape index (κ1) is 20.1. The predicted octanol–water partition coefficient (Wildman–Crippen LogP) is 6.09. The van der Waals surface area contributed by atoms with Gasteiger partial charge in [0.1, 0.15) is 0 Å². The summed E-state index contributed by atoms with van der Waals surface area (Å²) in [5.41, 5.74) is 6.47. The Morgan fingerprint density at radius 3 is 2.38 bits per heavy atom. The Labute approximate surface area is 187 Å². The van der Waals surface area contributed by atoms with Gasteiger partial charge in [0.15, 0.2) is 0 Å². The summed E-state index contributed by atoms with van der Waals surface area (Å²) in [6, 6.07) is 25.9. The number of anilines is 2. The van der Waals surface area contributed by atoms with Gasteiger partial charge in [-0.05, 0) is 48.2 Å². The summed E-state index contributed by atoms with van der Waals surface area (Å²) >= 11 is 0. The third kappa shape index (κ3) is 3.46. The molecule has 3 aromatic carbocycles. The zero-order valence-corrected chi connectivity index (χ0v) is 18.5. The van der Waals surface area contributed by atoms with Crippen molar-refractivity contribution in [3.63, 3.8) is 0 Å². The molecule has 4 aromatic rings. The lowest BCUT2D eigenvalue weighted by molar-refractivity contribution is -0.113. The van der Waals surface area contributed by atoms with Gasteiger partial charge in [-0.2, -0.15) is 0 Å². The second-order valence-corrected chi connectivity index (χ2v) is 8.50. The van der Waals surface area contributed by atoms with Crippen LogP contribution in [-0.2, 0) is 4.79 Å². The van der Waals surface area contributed by atoms with Crippen LogP contribution in [0.1, 0.15) is 43.9 Å². The quantitative estimate of drug-likeness (QED) is 0.419. The first-order valence-corrected chi connectivity index (χ1v) is 10.9. The first-order chi connectivity index (χ1) is 15.5. The van der Waals surface area contributed by atoms with Crippen LogP contribution in [0.5, 0.6) is 0 Å². The van der Waals surface area contributed by atoms with Crippen LogP contribution in [0.25, 0.3) is 11.0 Å². The molecule has 0 spiro atoms. The van der Waals surface area contributed by atoms with Gasteiger partial charge in [0.05, 0.1) is 22.6 Å². The third-order valence-corrected chi connectivity index (χ3v) is 6.03. The Balaban J connectivity index is 1.66. The highest BCUT2D eigenvalue weighted by atomic mass is 16.1. The molecule has 1 aliphatic heterocycles. The molecule has 32 heavy (non-hydrogen) atoms. The number of nitrogens with zero attached hydrogens (tertiary/aromatic N) is 2. The monoisotopic (exact) mass is 422 g/mol. The van der Waals surface area contributed by atoms with E-state index in [9.17, 15) is 4.79 Å². The van der Waals surface area contributed by atoms with E-state index in [2.05, 4.69) is 59.4 Å². The molecule has 1 amide bonds. The molecular formula is C27H26N4O. The minimum Gasteiger partial charge on any atom is -0.329 e. The van der Waals surface area contributed by atoms with E-state index < -0.39 is 0 Å². The van der Waals surface area contributed by atoms with Gasteiger partial charge in [-0.3, -0.25) is 9.36 Å². The number of amides is 1. The van der Waals surface area contributed by atoms with Crippen molar-refractivity contribution in [2.45, 2.75) is 32.7 Å². The molecule has 0 unspecified atom stereocenters. The van der Waals surface area contributed by atoms with Gasteiger partial charge in [-0.1, -0.05) is 68.4 Å². The summed E-state index contributed by atoms with van der Waals surface area (Å²) in [6.45, 7) is 6.31. The number of fused-ring (bicyclic) bond motifs is 3. The van der Waals surface area contributed by atoms with Gasteiger partial charge < -0.3 is 10.6 Å². The van der Waals surface area contributed by atoms with Crippen LogP contribution in [0.2, 0.25) is 0 Å². The zero-order chi connectivity index (χ0) is 22.2. The molecule has 1 aromatic heterocycles. The van der Waals surface area contributed by atoms with Crippen molar-refractivity contribution in [3.8, 4) is 0 Å². The molecule has 1 atom stereocenters. The maximum Gasteiger partial charge on any atom is 0.255 e. The Bertz CT molecular complexity index is 1320. The molecule has 0 aliphatic carbocycles. The lowest BCUT2D eigenvalue weighted by Gasteiger charge is -2.31. The van der Waals surface area contributed by atoms with Crippen LogP contribution >= 0.6 is 0 Å². The van der Waals surface area contributed by atoms with E-state index in [-0.39, 0.29) is 11.9 Å². The molecule has 0 radical (unpaired) electrons. The molecule has 160 valence electrons. The van der Waals surface area contributed by atoms with E-state index >= 15 is 0 Å². The molecule has 5 heteroatoms. The molecule has 5 rings (SSSR count). The van der Waals surface area contributed by atoms with Crippen LogP contribution in [0.4, 0.5) is 11.6 Å². The van der Waals surface area contributed by atoms with Crippen molar-refractivity contribution in [1.29, 1.82) is 0 Å². The van der Waals surface area contributed by atoms with E-state index in [0.717, 1.165) is 33.9 Å². The number of carbonyl (C=O) groups excluding carboxylic acids is 1. The molecule has 0 saturated heterocycles. The summed E-state index contributed by atoms with van der Waals surface area (Å²) in [4.78, 5) is 18.4. The number of hydrogen-bond acceptors (Lipinski definition) is 3. The van der Waals surface area contributed by atoms with Crippen molar-refractivity contribution >= 4 is 28.6 Å². The predicted molar refractivity (Wildman–Crippen MR) is 130 cm³/mol. The zero-order valence-electron chi connectivity index (χ0n) is 18.5. The maximum atomic E-state index is 13.6. The van der Waals surface area contributed by atoms with Gasteiger partial charge >= 0.3 is 0 Å². The number of hydrogen-bond donors (Lipinski definition) is 2. The van der Waals surface area contributed by atoms with E-state index in [4.69, 9.17) is 4.98 Å². The van der Waals surface area contributed by atoms with Crippen LogP contribution in [-0.4, -0.2) is 15.5 Å². The Kier molecular flexibility index (Phi) is 5.02. The average molecular weight is 423 g/mol. The minimum atomic E-state index is -0.288. The highest BCUT2D eigenvalue weighted by molar-refractivity contribution is 6.06. The highest BCUT2D eigenvalue weighted by Crippen LogP contribution is 2.39. The molecule has 2 N–H and O–H groups in total. The van der Waals surface area contributed by atoms with Crippen molar-refractivity contribution in [2.75, 3.05) is 10.6 Å². The topological polar surface area (TPSA) is 59.0 Å². The minimum absolute atomic E-state index is 0.123. The number of carbonyl (C=O) groups is 1. The van der Waals surface area contributed by atoms with Crippen LogP contribution < -0.4 is 10.6 Å². The van der Waals surface area contributed by atoms with Crippen molar-refractivity contribution in [3.05, 3.63) is 101 Å². The van der Waals surface area contributed by atoms with Gasteiger partial charge in [-0.15, -0.1) is 0 Å². The maximum absolute atomic E-state index is 13.6. The van der Waals surface area contributed by atoms with E-state index in [1.807, 2.05) is 55.5 Å². The largest absolute Gasteiger partial charge is 0.329 e. The van der Waals surface area contributed by atoms with E-state index in [0.29, 0.717) is 11.5 Å². The number of para-hydroxylation sites is 3. The van der Waals surface area contributed by atoms with Gasteiger partial charge in [0.25, 0.3) is 5.91 Å². The number of allylic oxidation sites excluding steroid dienone is 1. The standard InChI is InChI=1S/C27H26N4O/c1-17(2)19-13-15-20(16-14-19)25-24(26(32)29-21-9-5-4-6-10-21)18(3)28-27-30-22-11-7-8-12-23(22)31(25)27/h4-17,25H,1-3H3,(H,28,30)(H,29,32)/t25-/m1/s1. The fraction of sp³-hybridized carbons (Fsp3) is 0.185. The fourth-order valence-corrected chi connectivity index (χ4v) is 4.36. The number of aromatic nitrogens is 2. The van der Waals surface area contributed by atoms with Crippen molar-refractivity contribution in [1.82, 2.24) is 9.55 Å². The third-order valence-electron chi connectivity index (χ3n) is 6.03. The smallest absolute Gasteiger partial charge is 0.255 e. The second-order valence-electron chi connectivity index (χ2n) is 8.50. The Morgan fingerprint density at radius 2 is 1.66 bits per heavy atom. The number of imidazole rings is 1. The van der Waals surface area contributed by atoms with Crippen LogP contribution in [0.3, 0.4) is 0 Å². The van der Waals surface area contributed by atoms with Gasteiger partial charge in [-0.25, -0.2) is 4.98 Å². The number of rotatable bonds is 4. The summed E-state index contributed by atoms with van der Waals surface area (Å²) in [7, 11) is 0. The lowest BCUT2D eigenvalue weighted by Crippen LogP contribution is -2.30. The lowest BCUT2D eigenvalue weighted by atomic mass is 9.92. The SMILES string of the molecule is CC1=C(C(=O)Nc2ccccc2)[C@@H](c2ccc(C(C)C)cc2)n2c(nc3ccccc32)N1. The summed E-state index contributed by atoms with van der Waals surface area (Å²) in [5.74, 6) is 1.07. The van der Waals surface area contributed by atoms with Crippen LogP contribution in [0.15, 0.2) is 90.1 Å². The normalized spacial score (nSPS) is 15.6. The van der Waals surface area contributed by atoms with Crippen LogP contribution in [0, 0.1) is 0 Å². The van der Waals surface area contributed by atoms with Gasteiger partial charge in [0, 0.05) is 11.4 Å². The molecule has 0 saturated carbocycles. The molecule has 0 fully saturated rings. The molecular weight excluding hydrogens is 396 g/mol. The summed E-state index contributed by atoms with van der Waals surface area (Å²) in [5, 5.41) is 6.44. The van der Waals surface area contributed by atoms with Gasteiger partial charge in [0.2, 0.25) is 5.95 Å². The molecule has 2 heterocycles. The highest BCUT2D eigenvalue weighted by Gasteiger charge is 2.34. The van der Waals surface area contributed by atoms with E-state index in [1.54, 1.807) is 0 Å². The summed E-state index contributed by atoms with van der Waals surface area (Å²) < 4.78 is 2.13. The number of benzene rings is 3. The second kappa shape index (κ2) is 8.00. The number of nitrogens with one attached hydrogen (secondary N) is 2. The summed E-state index contributed by atoms with van der Waals surface area (Å²) in [6.07, 6.45) is 0. The Hall–Kier alpha value is -3.86. The van der Waals surface area contributed by atoms with Crippen molar-refractivity contribution < 1.29 is 4.79 Å². The molecule has 5 nitrogen and oxygen atoms in total. The first-order valence-electron chi connectivity index (χ1n) is 10.9. The Morgan fingerprint density at radius 1 is 0.969 bits per heavy atom. The molecule has 0 bridgehead atoms. The van der Waals surface area contributed by atoms with Crippen molar-refractivity contribution in [2.24, 2.45) is 0 Å². The fourth-order valence-electron chi connectivity index (χ4n) is 4.36.